The summed E-state index contributed by atoms with van der Waals surface area (Å²) in [6.45, 7) is 9.34. The van der Waals surface area contributed by atoms with Gasteiger partial charge in [0.1, 0.15) is 23.1 Å². The molecule has 0 bridgehead atoms. The molecule has 7 nitrogen and oxygen atoms in total. The molecule has 1 aliphatic rings. The molecule has 28 heavy (non-hydrogen) atoms. The third-order valence-electron chi connectivity index (χ3n) is 5.09. The molecule has 0 radical (unpaired) electrons. The summed E-state index contributed by atoms with van der Waals surface area (Å²) in [5.41, 5.74) is 1.62. The Bertz CT molecular complexity index is 801. The fourth-order valence-corrected chi connectivity index (χ4v) is 3.22. The van der Waals surface area contributed by atoms with Gasteiger partial charge in [0.25, 0.3) is 5.91 Å². The van der Waals surface area contributed by atoms with Gasteiger partial charge in [-0.05, 0) is 44.5 Å². The molecule has 1 fully saturated rings. The molecule has 1 N–H and O–H groups in total. The van der Waals surface area contributed by atoms with Crippen LogP contribution in [0.5, 0.6) is 5.75 Å². The van der Waals surface area contributed by atoms with E-state index >= 15 is 0 Å². The van der Waals surface area contributed by atoms with Gasteiger partial charge in [0, 0.05) is 44.0 Å². The van der Waals surface area contributed by atoms with Crippen molar-refractivity contribution in [3.63, 3.8) is 0 Å². The summed E-state index contributed by atoms with van der Waals surface area (Å²) >= 11 is 0. The van der Waals surface area contributed by atoms with Gasteiger partial charge in [-0.3, -0.25) is 4.79 Å². The zero-order chi connectivity index (χ0) is 20.1. The predicted molar refractivity (Wildman–Crippen MR) is 111 cm³/mol. The van der Waals surface area contributed by atoms with E-state index in [0.717, 1.165) is 44.2 Å². The van der Waals surface area contributed by atoms with E-state index in [1.807, 2.05) is 32.9 Å². The first-order valence-corrected chi connectivity index (χ1v) is 9.80. The van der Waals surface area contributed by atoms with Crippen LogP contribution in [0.2, 0.25) is 0 Å². The van der Waals surface area contributed by atoms with Gasteiger partial charge in [0.2, 0.25) is 0 Å². The third-order valence-corrected chi connectivity index (χ3v) is 5.09. The lowest BCUT2D eigenvalue weighted by Gasteiger charge is -2.36. The van der Waals surface area contributed by atoms with Crippen molar-refractivity contribution in [1.82, 2.24) is 15.3 Å². The Kier molecular flexibility index (Phi) is 6.34. The van der Waals surface area contributed by atoms with Crippen LogP contribution in [-0.4, -0.2) is 55.2 Å². The quantitative estimate of drug-likeness (QED) is 0.827. The van der Waals surface area contributed by atoms with Crippen LogP contribution < -0.4 is 19.9 Å². The molecule has 0 spiro atoms. The summed E-state index contributed by atoms with van der Waals surface area (Å²) in [6.07, 6.45) is 0.885. The number of amides is 1. The zero-order valence-electron chi connectivity index (χ0n) is 17.1. The van der Waals surface area contributed by atoms with Gasteiger partial charge < -0.3 is 19.9 Å². The number of benzene rings is 1. The minimum atomic E-state index is -0.141. The molecule has 1 aromatic carbocycles. The van der Waals surface area contributed by atoms with Crippen LogP contribution in [0, 0.1) is 6.92 Å². The number of hydrogen-bond donors (Lipinski definition) is 1. The molecule has 3 rings (SSSR count). The first kappa shape index (κ1) is 19.9. The Hall–Kier alpha value is -2.83. The number of carbonyl (C=O) groups excluding carboxylic acids is 1. The van der Waals surface area contributed by atoms with Gasteiger partial charge in [-0.15, -0.1) is 0 Å². The number of nitrogens with zero attached hydrogens (tertiary/aromatic N) is 4. The van der Waals surface area contributed by atoms with Gasteiger partial charge in [-0.2, -0.15) is 0 Å². The molecule has 0 saturated carbocycles. The van der Waals surface area contributed by atoms with Crippen molar-refractivity contribution < 1.29 is 9.53 Å². The number of anilines is 2. The van der Waals surface area contributed by atoms with Crippen molar-refractivity contribution in [3.05, 3.63) is 41.9 Å². The zero-order valence-corrected chi connectivity index (χ0v) is 17.1. The number of aryl methyl sites for hydroxylation is 1. The first-order valence-electron chi connectivity index (χ1n) is 9.80. The number of nitrogens with one attached hydrogen (secondary N) is 1. The monoisotopic (exact) mass is 383 g/mol. The molecule has 0 aliphatic carbocycles. The summed E-state index contributed by atoms with van der Waals surface area (Å²) in [7, 11) is 1.68. The number of ether oxygens (including phenoxy) is 1. The van der Waals surface area contributed by atoms with Gasteiger partial charge in [0.15, 0.2) is 0 Å². The van der Waals surface area contributed by atoms with Crippen LogP contribution in [0.4, 0.5) is 11.5 Å². The lowest BCUT2D eigenvalue weighted by molar-refractivity contribution is 0.0934. The van der Waals surface area contributed by atoms with E-state index in [-0.39, 0.29) is 11.9 Å². The fourth-order valence-electron chi connectivity index (χ4n) is 3.22. The van der Waals surface area contributed by atoms with E-state index in [0.29, 0.717) is 11.5 Å². The first-order chi connectivity index (χ1) is 13.5. The number of aromatic nitrogens is 2. The fraction of sp³-hybridized carbons (Fsp3) is 0.476. The highest BCUT2D eigenvalue weighted by Gasteiger charge is 2.21. The van der Waals surface area contributed by atoms with E-state index in [2.05, 4.69) is 37.2 Å². The molecule has 1 aliphatic heterocycles. The Balaban J connectivity index is 1.67. The summed E-state index contributed by atoms with van der Waals surface area (Å²) in [4.78, 5) is 25.9. The van der Waals surface area contributed by atoms with Crippen LogP contribution in [0.3, 0.4) is 0 Å². The number of methoxy groups -OCH3 is 1. The van der Waals surface area contributed by atoms with Crippen molar-refractivity contribution in [3.8, 4) is 5.75 Å². The second kappa shape index (κ2) is 8.91. The van der Waals surface area contributed by atoms with Crippen molar-refractivity contribution in [1.29, 1.82) is 0 Å². The molecular formula is C21H29N5O2. The van der Waals surface area contributed by atoms with Crippen LogP contribution >= 0.6 is 0 Å². The Labute approximate surface area is 166 Å². The van der Waals surface area contributed by atoms with Crippen LogP contribution in [-0.2, 0) is 0 Å². The summed E-state index contributed by atoms with van der Waals surface area (Å²) in [6, 6.07) is 10.1. The van der Waals surface area contributed by atoms with Crippen LogP contribution in [0.1, 0.15) is 36.6 Å². The van der Waals surface area contributed by atoms with Crippen molar-refractivity contribution >= 4 is 17.4 Å². The standard InChI is InChI=1S/C21H29N5O2/c1-5-15(2)22-21(27)19-14-20(24-16(3)23-19)26-12-10-25(11-13-26)17-6-8-18(28-4)9-7-17/h6-9,14-15H,5,10-13H2,1-4H3,(H,22,27). The molecule has 1 aromatic heterocycles. The molecule has 2 aromatic rings. The normalized spacial score (nSPS) is 15.3. The lowest BCUT2D eigenvalue weighted by atomic mass is 10.2. The van der Waals surface area contributed by atoms with Crippen molar-refractivity contribution in [2.24, 2.45) is 0 Å². The number of hydrogen-bond acceptors (Lipinski definition) is 6. The number of rotatable bonds is 6. The maximum atomic E-state index is 12.5. The highest BCUT2D eigenvalue weighted by molar-refractivity contribution is 5.93. The summed E-state index contributed by atoms with van der Waals surface area (Å²) < 4.78 is 5.23. The van der Waals surface area contributed by atoms with Crippen LogP contribution in [0.15, 0.2) is 30.3 Å². The predicted octanol–water partition coefficient (Wildman–Crippen LogP) is 2.65. The maximum absolute atomic E-state index is 12.5. The van der Waals surface area contributed by atoms with Gasteiger partial charge in [-0.25, -0.2) is 9.97 Å². The van der Waals surface area contributed by atoms with Crippen molar-refractivity contribution in [2.45, 2.75) is 33.2 Å². The highest BCUT2D eigenvalue weighted by Crippen LogP contribution is 2.22. The molecule has 150 valence electrons. The SMILES string of the molecule is CCC(C)NC(=O)c1cc(N2CCN(c3ccc(OC)cc3)CC2)nc(C)n1. The van der Waals surface area contributed by atoms with E-state index in [9.17, 15) is 4.79 Å². The molecular weight excluding hydrogens is 354 g/mol. The summed E-state index contributed by atoms with van der Waals surface area (Å²) in [5, 5.41) is 2.97. The third kappa shape index (κ3) is 4.71. The van der Waals surface area contributed by atoms with E-state index < -0.39 is 0 Å². The smallest absolute Gasteiger partial charge is 0.270 e. The minimum absolute atomic E-state index is 0.124. The summed E-state index contributed by atoms with van der Waals surface area (Å²) in [5.74, 6) is 2.15. The van der Waals surface area contributed by atoms with Gasteiger partial charge in [-0.1, -0.05) is 6.92 Å². The molecule has 1 unspecified atom stereocenters. The number of carbonyl (C=O) groups is 1. The van der Waals surface area contributed by atoms with E-state index in [1.54, 1.807) is 13.2 Å². The Morgan fingerprint density at radius 1 is 1.14 bits per heavy atom. The second-order valence-electron chi connectivity index (χ2n) is 7.11. The molecule has 1 atom stereocenters. The molecule has 7 heteroatoms. The van der Waals surface area contributed by atoms with Crippen LogP contribution in [0.25, 0.3) is 0 Å². The Morgan fingerprint density at radius 2 is 1.79 bits per heavy atom. The van der Waals surface area contributed by atoms with E-state index in [4.69, 9.17) is 4.74 Å². The number of piperazine rings is 1. The van der Waals surface area contributed by atoms with Gasteiger partial charge >= 0.3 is 0 Å². The lowest BCUT2D eigenvalue weighted by Crippen LogP contribution is -2.47. The largest absolute Gasteiger partial charge is 0.497 e. The Morgan fingerprint density at radius 3 is 2.39 bits per heavy atom. The topological polar surface area (TPSA) is 70.6 Å². The maximum Gasteiger partial charge on any atom is 0.270 e. The average molecular weight is 383 g/mol. The van der Waals surface area contributed by atoms with E-state index in [1.165, 1.54) is 5.69 Å². The van der Waals surface area contributed by atoms with Crippen molar-refractivity contribution in [2.75, 3.05) is 43.1 Å². The highest BCUT2D eigenvalue weighted by atomic mass is 16.5. The minimum Gasteiger partial charge on any atom is -0.497 e. The molecule has 2 heterocycles. The average Bonchev–Trinajstić information content (AvgIpc) is 2.73. The van der Waals surface area contributed by atoms with Gasteiger partial charge in [0.05, 0.1) is 7.11 Å². The second-order valence-corrected chi connectivity index (χ2v) is 7.11. The molecule has 1 amide bonds. The molecule has 1 saturated heterocycles.